The van der Waals surface area contributed by atoms with E-state index in [1.807, 2.05) is 0 Å². The topological polar surface area (TPSA) is 152 Å². The molecule has 2 aliphatic heterocycles. The number of hydrogen-bond donors (Lipinski definition) is 6. The maximum Gasteiger partial charge on any atom is 0.152 e. The molecule has 8 N–H and O–H groups in total. The van der Waals surface area contributed by atoms with Crippen LogP contribution in [-0.2, 0) is 0 Å². The van der Waals surface area contributed by atoms with E-state index in [4.69, 9.17) is 11.5 Å². The molecule has 0 aromatic carbocycles. The number of nitrogens with one attached hydrogen (secondary N) is 4. The minimum atomic E-state index is 0.727. The van der Waals surface area contributed by atoms with E-state index in [1.165, 1.54) is 18.5 Å². The summed E-state index contributed by atoms with van der Waals surface area (Å²) in [4.78, 5) is 27.7. The van der Waals surface area contributed by atoms with Crippen molar-refractivity contribution >= 4 is 34.4 Å². The molecule has 4 rings (SSSR count). The molecule has 0 saturated heterocycles. The third-order valence-electron chi connectivity index (χ3n) is 9.92. The van der Waals surface area contributed by atoms with Gasteiger partial charge in [-0.2, -0.15) is 0 Å². The summed E-state index contributed by atoms with van der Waals surface area (Å²) in [5.41, 5.74) is 15.9. The molecule has 0 amide bonds. The van der Waals surface area contributed by atoms with Crippen LogP contribution in [0.15, 0.2) is 24.5 Å². The van der Waals surface area contributed by atoms with Crippen LogP contribution in [0.25, 0.3) is 0 Å². The minimum Gasteiger partial charge on any atom is -0.397 e. The average Bonchev–Trinajstić information content (AvgIpc) is 3.14. The van der Waals surface area contributed by atoms with E-state index < -0.39 is 0 Å². The first-order valence-electron chi connectivity index (χ1n) is 20.9. The first-order valence-corrected chi connectivity index (χ1v) is 20.9. The van der Waals surface area contributed by atoms with Crippen LogP contribution >= 0.6 is 0 Å². The summed E-state index contributed by atoms with van der Waals surface area (Å²) in [6, 6.07) is 4.14. The number of pyridine rings is 2. The molecule has 0 spiro atoms. The number of aromatic nitrogens is 2. The van der Waals surface area contributed by atoms with Crippen molar-refractivity contribution in [2.75, 3.05) is 218 Å². The highest BCUT2D eigenvalue weighted by molar-refractivity contribution is 5.74. The lowest BCUT2D eigenvalue weighted by Gasteiger charge is -2.38. The molecular formula is C40H80N16. The van der Waals surface area contributed by atoms with Crippen LogP contribution in [-0.4, -0.2) is 217 Å². The summed E-state index contributed by atoms with van der Waals surface area (Å²) < 4.78 is 0. The van der Waals surface area contributed by atoms with E-state index in [0.29, 0.717) is 0 Å². The molecule has 0 unspecified atom stereocenters. The largest absolute Gasteiger partial charge is 0.397 e. The number of fused-ring (bicyclic) bond motifs is 2. The molecule has 2 aromatic rings. The Balaban J connectivity index is 0.000000301. The fourth-order valence-corrected chi connectivity index (χ4v) is 6.71. The number of anilines is 6. The van der Waals surface area contributed by atoms with Crippen LogP contribution in [0.2, 0.25) is 0 Å². The van der Waals surface area contributed by atoms with E-state index in [9.17, 15) is 0 Å². The van der Waals surface area contributed by atoms with Gasteiger partial charge in [-0.15, -0.1) is 0 Å². The lowest BCUT2D eigenvalue weighted by Crippen LogP contribution is -2.46. The van der Waals surface area contributed by atoms with Crippen molar-refractivity contribution in [1.29, 1.82) is 0 Å². The fraction of sp³-hybridized carbons (Fsp3) is 0.750. The second-order valence-corrected chi connectivity index (χ2v) is 16.1. The predicted octanol–water partition coefficient (Wildman–Crippen LogP) is -0.0346. The highest BCUT2D eigenvalue weighted by atomic mass is 15.3. The summed E-state index contributed by atoms with van der Waals surface area (Å²) in [6.07, 6.45) is 5.89. The second kappa shape index (κ2) is 26.7. The van der Waals surface area contributed by atoms with Gasteiger partial charge in [0.05, 0.1) is 35.1 Å². The van der Waals surface area contributed by atoms with E-state index >= 15 is 0 Å². The lowest BCUT2D eigenvalue weighted by molar-refractivity contribution is 0.394. The number of hydrogen-bond acceptors (Lipinski definition) is 16. The van der Waals surface area contributed by atoms with E-state index in [1.54, 1.807) is 12.4 Å². The van der Waals surface area contributed by atoms with Gasteiger partial charge in [-0.3, -0.25) is 0 Å². The standard InChI is InChI=1S/C21H42N8.C19H38N8/c1-26(2)11-5-7-23-9-13-28-15-16-29(14-10-24-8-6-12-27(3)4)21-20(28)17-19(22)18-25-21;1-24(2)9-5-21-7-11-26-13-14-27(12-8-22-6-10-25(3)4)19-18(26)15-17(20)16-23-19/h17-18,23-24H,5-16,22H2,1-4H3;15-16,21-22H,5-14,20H2,1-4H3. The van der Waals surface area contributed by atoms with Crippen molar-refractivity contribution in [3.05, 3.63) is 24.5 Å². The van der Waals surface area contributed by atoms with Crippen LogP contribution < -0.4 is 52.3 Å². The van der Waals surface area contributed by atoms with Gasteiger partial charge in [0.25, 0.3) is 0 Å². The number of nitrogen functional groups attached to an aromatic ring is 2. The van der Waals surface area contributed by atoms with Gasteiger partial charge in [0.1, 0.15) is 0 Å². The molecule has 0 saturated carbocycles. The van der Waals surface area contributed by atoms with Crippen LogP contribution in [0.4, 0.5) is 34.4 Å². The zero-order chi connectivity index (χ0) is 40.7. The maximum atomic E-state index is 6.05. The van der Waals surface area contributed by atoms with Crippen LogP contribution in [0, 0.1) is 0 Å². The lowest BCUT2D eigenvalue weighted by atomic mass is 10.2. The van der Waals surface area contributed by atoms with E-state index in [2.05, 4.69) is 139 Å². The monoisotopic (exact) mass is 785 g/mol. The van der Waals surface area contributed by atoms with Crippen LogP contribution in [0.5, 0.6) is 0 Å². The van der Waals surface area contributed by atoms with E-state index in [-0.39, 0.29) is 0 Å². The number of nitrogens with two attached hydrogens (primary N) is 2. The van der Waals surface area contributed by atoms with Gasteiger partial charge in [-0.25, -0.2) is 9.97 Å². The Hall–Kier alpha value is -3.22. The fourth-order valence-electron chi connectivity index (χ4n) is 6.71. The van der Waals surface area contributed by atoms with Gasteiger partial charge in [0.15, 0.2) is 11.6 Å². The Labute approximate surface area is 340 Å². The Morgan fingerprint density at radius 1 is 0.464 bits per heavy atom. The Bertz CT molecular complexity index is 1330. The number of rotatable bonds is 26. The molecular weight excluding hydrogens is 705 g/mol. The van der Waals surface area contributed by atoms with Gasteiger partial charge in [0, 0.05) is 105 Å². The summed E-state index contributed by atoms with van der Waals surface area (Å²) in [5.74, 6) is 2.12. The Morgan fingerprint density at radius 2 is 0.786 bits per heavy atom. The van der Waals surface area contributed by atoms with Crippen molar-refractivity contribution < 1.29 is 0 Å². The maximum absolute atomic E-state index is 6.05. The molecule has 320 valence electrons. The molecule has 4 heterocycles. The molecule has 0 bridgehead atoms. The molecule has 2 aliphatic rings. The smallest absolute Gasteiger partial charge is 0.152 e. The van der Waals surface area contributed by atoms with Crippen molar-refractivity contribution in [3.63, 3.8) is 0 Å². The second-order valence-electron chi connectivity index (χ2n) is 16.1. The van der Waals surface area contributed by atoms with Crippen LogP contribution in [0.3, 0.4) is 0 Å². The minimum absolute atomic E-state index is 0.727. The van der Waals surface area contributed by atoms with Crippen molar-refractivity contribution in [3.8, 4) is 0 Å². The molecule has 0 radical (unpaired) electrons. The number of likely N-dealkylation sites (N-methyl/N-ethyl adjacent to an activating group) is 2. The summed E-state index contributed by atoms with van der Waals surface area (Å²) in [6.45, 7) is 20.3. The van der Waals surface area contributed by atoms with Gasteiger partial charge >= 0.3 is 0 Å². The molecule has 0 fully saturated rings. The predicted molar refractivity (Wildman–Crippen MR) is 241 cm³/mol. The normalized spacial score (nSPS) is 14.2. The van der Waals surface area contributed by atoms with Gasteiger partial charge in [-0.1, -0.05) is 0 Å². The molecule has 16 heteroatoms. The molecule has 56 heavy (non-hydrogen) atoms. The van der Waals surface area contributed by atoms with Crippen molar-refractivity contribution in [2.45, 2.75) is 12.8 Å². The van der Waals surface area contributed by atoms with Crippen molar-refractivity contribution in [1.82, 2.24) is 50.8 Å². The molecule has 16 nitrogen and oxygen atoms in total. The third-order valence-corrected chi connectivity index (χ3v) is 9.92. The SMILES string of the molecule is CN(C)CCCNCCN1CCN(CCNCCCN(C)C)c2ncc(N)cc21.CN(C)CCNCCN1CCN(CCNCCN(C)C)c2ncc(N)cc21. The van der Waals surface area contributed by atoms with Gasteiger partial charge in [-0.05, 0) is 108 Å². The summed E-state index contributed by atoms with van der Waals surface area (Å²) >= 11 is 0. The highest BCUT2D eigenvalue weighted by Crippen LogP contribution is 2.33. The zero-order valence-corrected chi connectivity index (χ0v) is 36.5. The Kier molecular flexibility index (Phi) is 22.4. The molecule has 0 atom stereocenters. The molecule has 0 aliphatic carbocycles. The average molecular weight is 785 g/mol. The first kappa shape index (κ1) is 47.2. The zero-order valence-electron chi connectivity index (χ0n) is 36.5. The van der Waals surface area contributed by atoms with Gasteiger partial charge < -0.3 is 71.9 Å². The summed E-state index contributed by atoms with van der Waals surface area (Å²) in [5, 5.41) is 14.1. The van der Waals surface area contributed by atoms with Crippen LogP contribution in [0.1, 0.15) is 12.8 Å². The first-order chi connectivity index (χ1) is 26.9. The summed E-state index contributed by atoms with van der Waals surface area (Å²) in [7, 11) is 16.9. The quantitative estimate of drug-likeness (QED) is 0.0708. The van der Waals surface area contributed by atoms with E-state index in [0.717, 1.165) is 160 Å². The third kappa shape index (κ3) is 18.4. The Morgan fingerprint density at radius 3 is 1.14 bits per heavy atom. The number of nitrogens with zero attached hydrogens (tertiary/aromatic N) is 10. The molecule has 2 aromatic heterocycles. The van der Waals surface area contributed by atoms with Crippen molar-refractivity contribution in [2.24, 2.45) is 0 Å². The highest BCUT2D eigenvalue weighted by Gasteiger charge is 2.25. The van der Waals surface area contributed by atoms with Gasteiger partial charge in [0.2, 0.25) is 0 Å².